The molecule has 2 unspecified atom stereocenters. The third kappa shape index (κ3) is 12.8. The molecule has 0 heterocycles. The van der Waals surface area contributed by atoms with E-state index in [1.165, 1.54) is 83.5 Å². The van der Waals surface area contributed by atoms with Gasteiger partial charge in [0.1, 0.15) is 0 Å². The highest BCUT2D eigenvalue weighted by Crippen LogP contribution is 2.25. The van der Waals surface area contributed by atoms with E-state index in [1.807, 2.05) is 0 Å². The highest BCUT2D eigenvalue weighted by atomic mass is 14.2. The molecule has 0 aliphatic heterocycles. The van der Waals surface area contributed by atoms with Crippen LogP contribution < -0.4 is 0 Å². The largest absolute Gasteiger partial charge is 0.0654 e. The van der Waals surface area contributed by atoms with Gasteiger partial charge in [-0.05, 0) is 18.3 Å². The predicted octanol–water partition coefficient (Wildman–Crippen LogP) is 7.37. The van der Waals surface area contributed by atoms with E-state index >= 15 is 0 Å². The van der Waals surface area contributed by atoms with Crippen LogP contribution in [0.4, 0.5) is 0 Å². The SMILES string of the molecule is CCCCCCCC(C)CC(CC)CCCCCC. The first-order valence-corrected chi connectivity index (χ1v) is 9.24. The average Bonchev–Trinajstić information content (AvgIpc) is 2.42. The van der Waals surface area contributed by atoms with Gasteiger partial charge in [0.2, 0.25) is 0 Å². The topological polar surface area (TPSA) is 0 Å². The third-order valence-corrected chi connectivity index (χ3v) is 4.58. The summed E-state index contributed by atoms with van der Waals surface area (Å²) in [6, 6.07) is 0. The Morgan fingerprint density at radius 3 is 1.74 bits per heavy atom. The van der Waals surface area contributed by atoms with Crippen molar-refractivity contribution in [3.05, 3.63) is 0 Å². The minimum absolute atomic E-state index is 0.956. The van der Waals surface area contributed by atoms with Gasteiger partial charge in [-0.15, -0.1) is 0 Å². The van der Waals surface area contributed by atoms with Crippen molar-refractivity contribution in [2.24, 2.45) is 11.8 Å². The summed E-state index contributed by atoms with van der Waals surface area (Å²) in [6.45, 7) is 9.47. The molecule has 0 aromatic rings. The van der Waals surface area contributed by atoms with Crippen molar-refractivity contribution in [1.29, 1.82) is 0 Å². The Kier molecular flexibility index (Phi) is 14.4. The van der Waals surface area contributed by atoms with Crippen molar-refractivity contribution in [1.82, 2.24) is 0 Å². The van der Waals surface area contributed by atoms with E-state index in [-0.39, 0.29) is 0 Å². The van der Waals surface area contributed by atoms with Gasteiger partial charge in [-0.2, -0.15) is 0 Å². The van der Waals surface area contributed by atoms with Gasteiger partial charge in [-0.1, -0.05) is 105 Å². The summed E-state index contributed by atoms with van der Waals surface area (Å²) >= 11 is 0. The molecule has 19 heavy (non-hydrogen) atoms. The molecule has 2 atom stereocenters. The minimum Gasteiger partial charge on any atom is -0.0654 e. The molecule has 0 amide bonds. The molecule has 0 saturated carbocycles. The summed E-state index contributed by atoms with van der Waals surface area (Å²) in [6.07, 6.45) is 18.7. The maximum atomic E-state index is 2.48. The van der Waals surface area contributed by atoms with Gasteiger partial charge in [-0.3, -0.25) is 0 Å². The number of hydrogen-bond donors (Lipinski definition) is 0. The molecule has 0 aromatic heterocycles. The summed E-state index contributed by atoms with van der Waals surface area (Å²) in [5.74, 6) is 1.96. The molecule has 0 radical (unpaired) electrons. The Labute approximate surface area is 123 Å². The molecule has 0 aliphatic carbocycles. The van der Waals surface area contributed by atoms with Crippen molar-refractivity contribution in [3.63, 3.8) is 0 Å². The van der Waals surface area contributed by atoms with E-state index in [2.05, 4.69) is 27.7 Å². The molecule has 0 rings (SSSR count). The van der Waals surface area contributed by atoms with Crippen LogP contribution in [0.1, 0.15) is 111 Å². The summed E-state index contributed by atoms with van der Waals surface area (Å²) in [7, 11) is 0. The first kappa shape index (κ1) is 19.0. The van der Waals surface area contributed by atoms with Crippen LogP contribution in [0.3, 0.4) is 0 Å². The fourth-order valence-corrected chi connectivity index (χ4v) is 3.13. The van der Waals surface area contributed by atoms with Crippen LogP contribution in [0.15, 0.2) is 0 Å². The Morgan fingerprint density at radius 1 is 0.632 bits per heavy atom. The minimum atomic E-state index is 0.956. The van der Waals surface area contributed by atoms with Crippen LogP contribution in [0.25, 0.3) is 0 Å². The summed E-state index contributed by atoms with van der Waals surface area (Å²) in [5.41, 5.74) is 0. The molecule has 0 saturated heterocycles. The standard InChI is InChI=1S/C19H40/c1-5-8-10-12-13-15-18(4)17-19(7-3)16-14-11-9-6-2/h18-19H,5-17H2,1-4H3. The van der Waals surface area contributed by atoms with Crippen molar-refractivity contribution in [3.8, 4) is 0 Å². The van der Waals surface area contributed by atoms with E-state index in [9.17, 15) is 0 Å². The van der Waals surface area contributed by atoms with Crippen LogP contribution in [0.2, 0.25) is 0 Å². The molecule has 0 fully saturated rings. The molecule has 0 aromatic carbocycles. The van der Waals surface area contributed by atoms with Crippen LogP contribution in [0.5, 0.6) is 0 Å². The smallest absolute Gasteiger partial charge is 0.0414 e. The predicted molar refractivity (Wildman–Crippen MR) is 89.7 cm³/mol. The number of hydrogen-bond acceptors (Lipinski definition) is 0. The molecular formula is C19H40. The van der Waals surface area contributed by atoms with Crippen molar-refractivity contribution < 1.29 is 0 Å². The maximum Gasteiger partial charge on any atom is -0.0414 e. The molecule has 0 nitrogen and oxygen atoms in total. The van der Waals surface area contributed by atoms with Crippen LogP contribution in [-0.2, 0) is 0 Å². The zero-order valence-electron chi connectivity index (χ0n) is 14.3. The van der Waals surface area contributed by atoms with Crippen LogP contribution in [0, 0.1) is 11.8 Å². The van der Waals surface area contributed by atoms with Crippen molar-refractivity contribution in [2.75, 3.05) is 0 Å². The van der Waals surface area contributed by atoms with Crippen molar-refractivity contribution in [2.45, 2.75) is 111 Å². The lowest BCUT2D eigenvalue weighted by Crippen LogP contribution is -2.06. The normalized spacial score (nSPS) is 14.5. The quantitative estimate of drug-likeness (QED) is 0.288. The average molecular weight is 269 g/mol. The zero-order chi connectivity index (χ0) is 14.3. The second-order valence-electron chi connectivity index (χ2n) is 6.67. The lowest BCUT2D eigenvalue weighted by Gasteiger charge is -2.19. The van der Waals surface area contributed by atoms with E-state index in [1.54, 1.807) is 0 Å². The lowest BCUT2D eigenvalue weighted by atomic mass is 9.87. The van der Waals surface area contributed by atoms with Gasteiger partial charge < -0.3 is 0 Å². The Morgan fingerprint density at radius 2 is 1.16 bits per heavy atom. The fourth-order valence-electron chi connectivity index (χ4n) is 3.13. The molecular weight excluding hydrogens is 228 g/mol. The fraction of sp³-hybridized carbons (Fsp3) is 1.00. The first-order chi connectivity index (χ1) is 9.24. The van der Waals surface area contributed by atoms with E-state index in [0.717, 1.165) is 11.8 Å². The van der Waals surface area contributed by atoms with E-state index < -0.39 is 0 Å². The molecule has 116 valence electrons. The van der Waals surface area contributed by atoms with E-state index in [0.29, 0.717) is 0 Å². The second kappa shape index (κ2) is 14.4. The molecule has 0 heteroatoms. The molecule has 0 spiro atoms. The van der Waals surface area contributed by atoms with Gasteiger partial charge in [0.05, 0.1) is 0 Å². The summed E-state index contributed by atoms with van der Waals surface area (Å²) in [5, 5.41) is 0. The highest BCUT2D eigenvalue weighted by Gasteiger charge is 2.11. The van der Waals surface area contributed by atoms with Gasteiger partial charge in [0.15, 0.2) is 0 Å². The highest BCUT2D eigenvalue weighted by molar-refractivity contribution is 4.63. The monoisotopic (exact) mass is 268 g/mol. The Hall–Kier alpha value is 0. The van der Waals surface area contributed by atoms with E-state index in [4.69, 9.17) is 0 Å². The van der Waals surface area contributed by atoms with Crippen molar-refractivity contribution >= 4 is 0 Å². The number of rotatable bonds is 14. The summed E-state index contributed by atoms with van der Waals surface area (Å²) < 4.78 is 0. The van der Waals surface area contributed by atoms with Crippen LogP contribution in [-0.4, -0.2) is 0 Å². The Balaban J connectivity index is 3.54. The maximum absolute atomic E-state index is 2.48. The molecule has 0 bridgehead atoms. The van der Waals surface area contributed by atoms with Crippen LogP contribution >= 0.6 is 0 Å². The zero-order valence-corrected chi connectivity index (χ0v) is 14.3. The van der Waals surface area contributed by atoms with Gasteiger partial charge in [0.25, 0.3) is 0 Å². The van der Waals surface area contributed by atoms with Gasteiger partial charge in [0, 0.05) is 0 Å². The molecule has 0 aliphatic rings. The lowest BCUT2D eigenvalue weighted by molar-refractivity contribution is 0.330. The molecule has 0 N–H and O–H groups in total. The Bertz CT molecular complexity index is 161. The van der Waals surface area contributed by atoms with Gasteiger partial charge in [-0.25, -0.2) is 0 Å². The first-order valence-electron chi connectivity index (χ1n) is 9.24. The third-order valence-electron chi connectivity index (χ3n) is 4.58. The van der Waals surface area contributed by atoms with Gasteiger partial charge >= 0.3 is 0 Å². The second-order valence-corrected chi connectivity index (χ2v) is 6.67. The number of unbranched alkanes of at least 4 members (excludes halogenated alkanes) is 7. The summed E-state index contributed by atoms with van der Waals surface area (Å²) in [4.78, 5) is 0.